The summed E-state index contributed by atoms with van der Waals surface area (Å²) < 4.78 is 14.8. The van der Waals surface area contributed by atoms with Crippen LogP contribution in [0.15, 0.2) is 0 Å². The van der Waals surface area contributed by atoms with Crippen LogP contribution in [0.5, 0.6) is 0 Å². The number of carbonyl (C=O) groups is 1. The molecule has 0 aromatic heterocycles. The highest BCUT2D eigenvalue weighted by atomic mass is 16.8. The summed E-state index contributed by atoms with van der Waals surface area (Å²) in [4.78, 5) is 10.5. The summed E-state index contributed by atoms with van der Waals surface area (Å²) in [5.41, 5.74) is 0. The largest absolute Gasteiger partial charge is 0.508 e. The van der Waals surface area contributed by atoms with Crippen molar-refractivity contribution in [2.75, 3.05) is 13.2 Å². The normalized spacial score (nSPS) is 36.9. The molecule has 0 saturated carbocycles. The number of rotatable bonds is 1. The number of carbonyl (C=O) groups excluding carboxylic acids is 1. The Labute approximate surface area is 64.4 Å². The van der Waals surface area contributed by atoms with Gasteiger partial charge in [-0.2, -0.15) is 0 Å². The SMILES string of the molecule is O=C1OCC(C2CCCO2)O1. The maximum Gasteiger partial charge on any atom is 0.508 e. The first kappa shape index (κ1) is 6.91. The second-order valence-electron chi connectivity index (χ2n) is 2.77. The summed E-state index contributed by atoms with van der Waals surface area (Å²) in [6, 6.07) is 0. The quantitative estimate of drug-likeness (QED) is 0.527. The number of hydrogen-bond donors (Lipinski definition) is 0. The molecule has 62 valence electrons. The summed E-state index contributed by atoms with van der Waals surface area (Å²) in [6.45, 7) is 1.13. The van der Waals surface area contributed by atoms with Crippen LogP contribution in [0.3, 0.4) is 0 Å². The lowest BCUT2D eigenvalue weighted by molar-refractivity contribution is 0.0112. The monoisotopic (exact) mass is 158 g/mol. The predicted molar refractivity (Wildman–Crippen MR) is 35.2 cm³/mol. The van der Waals surface area contributed by atoms with Gasteiger partial charge in [0.25, 0.3) is 0 Å². The molecule has 11 heavy (non-hydrogen) atoms. The molecule has 0 bridgehead atoms. The Morgan fingerprint density at radius 3 is 2.82 bits per heavy atom. The van der Waals surface area contributed by atoms with E-state index in [9.17, 15) is 4.79 Å². The molecule has 2 rings (SSSR count). The molecule has 4 nitrogen and oxygen atoms in total. The van der Waals surface area contributed by atoms with Crippen molar-refractivity contribution in [3.8, 4) is 0 Å². The minimum absolute atomic E-state index is 0.0708. The average Bonchev–Trinajstić information content (AvgIpc) is 2.55. The van der Waals surface area contributed by atoms with Crippen LogP contribution in [0.2, 0.25) is 0 Å². The van der Waals surface area contributed by atoms with Crippen molar-refractivity contribution in [1.82, 2.24) is 0 Å². The Morgan fingerprint density at radius 1 is 1.36 bits per heavy atom. The standard InChI is InChI=1S/C7H10O4/c8-7-10-4-6(11-7)5-2-1-3-9-5/h5-6H,1-4H2. The van der Waals surface area contributed by atoms with Crippen LogP contribution < -0.4 is 0 Å². The molecule has 0 aromatic rings. The molecule has 2 aliphatic heterocycles. The summed E-state index contributed by atoms with van der Waals surface area (Å²) in [5, 5.41) is 0. The van der Waals surface area contributed by atoms with Gasteiger partial charge in [0, 0.05) is 6.61 Å². The van der Waals surface area contributed by atoms with E-state index in [1.807, 2.05) is 0 Å². The van der Waals surface area contributed by atoms with E-state index in [-0.39, 0.29) is 12.2 Å². The summed E-state index contributed by atoms with van der Waals surface area (Å²) >= 11 is 0. The highest BCUT2D eigenvalue weighted by molar-refractivity contribution is 5.61. The first-order valence-electron chi connectivity index (χ1n) is 3.81. The maximum absolute atomic E-state index is 10.5. The molecule has 0 N–H and O–H groups in total. The molecule has 2 saturated heterocycles. The molecule has 4 heteroatoms. The molecule has 2 aliphatic rings. The van der Waals surface area contributed by atoms with Gasteiger partial charge in [0.2, 0.25) is 0 Å². The van der Waals surface area contributed by atoms with Gasteiger partial charge in [-0.1, -0.05) is 0 Å². The van der Waals surface area contributed by atoms with Crippen molar-refractivity contribution in [2.24, 2.45) is 0 Å². The number of cyclic esters (lactones) is 2. The van der Waals surface area contributed by atoms with Gasteiger partial charge in [0.15, 0.2) is 6.10 Å². The van der Waals surface area contributed by atoms with Gasteiger partial charge < -0.3 is 14.2 Å². The Kier molecular flexibility index (Phi) is 1.69. The zero-order valence-electron chi connectivity index (χ0n) is 6.12. The van der Waals surface area contributed by atoms with Crippen molar-refractivity contribution in [3.05, 3.63) is 0 Å². The molecular weight excluding hydrogens is 148 g/mol. The third-order valence-electron chi connectivity index (χ3n) is 1.99. The first-order valence-corrected chi connectivity index (χ1v) is 3.81. The predicted octanol–water partition coefficient (Wildman–Crippen LogP) is 0.701. The van der Waals surface area contributed by atoms with Crippen LogP contribution in [-0.4, -0.2) is 31.6 Å². The smallest absolute Gasteiger partial charge is 0.430 e. The molecule has 0 aliphatic carbocycles. The van der Waals surface area contributed by atoms with Crippen LogP contribution in [0.4, 0.5) is 4.79 Å². The van der Waals surface area contributed by atoms with Crippen molar-refractivity contribution in [1.29, 1.82) is 0 Å². The average molecular weight is 158 g/mol. The zero-order chi connectivity index (χ0) is 7.68. The summed E-state index contributed by atoms with van der Waals surface area (Å²) in [5.74, 6) is 0. The molecule has 0 aromatic carbocycles. The number of hydrogen-bond acceptors (Lipinski definition) is 4. The third kappa shape index (κ3) is 1.30. The lowest BCUT2D eigenvalue weighted by Crippen LogP contribution is -2.27. The van der Waals surface area contributed by atoms with Gasteiger partial charge in [-0.25, -0.2) is 4.79 Å². The van der Waals surface area contributed by atoms with E-state index in [1.165, 1.54) is 0 Å². The highest BCUT2D eigenvalue weighted by Crippen LogP contribution is 2.21. The van der Waals surface area contributed by atoms with Crippen molar-refractivity contribution < 1.29 is 19.0 Å². The maximum atomic E-state index is 10.5. The molecule has 0 radical (unpaired) electrons. The Morgan fingerprint density at radius 2 is 2.27 bits per heavy atom. The molecule has 2 unspecified atom stereocenters. The topological polar surface area (TPSA) is 44.8 Å². The van der Waals surface area contributed by atoms with E-state index >= 15 is 0 Å². The van der Waals surface area contributed by atoms with Crippen molar-refractivity contribution in [2.45, 2.75) is 25.0 Å². The first-order chi connectivity index (χ1) is 5.36. The fourth-order valence-electron chi connectivity index (χ4n) is 1.42. The molecule has 0 spiro atoms. The Balaban J connectivity index is 1.90. The second-order valence-corrected chi connectivity index (χ2v) is 2.77. The molecular formula is C7H10O4. The van der Waals surface area contributed by atoms with Crippen molar-refractivity contribution >= 4 is 6.16 Å². The van der Waals surface area contributed by atoms with Crippen LogP contribution in [0.25, 0.3) is 0 Å². The minimum Gasteiger partial charge on any atom is -0.430 e. The second kappa shape index (κ2) is 2.70. The number of ether oxygens (including phenoxy) is 3. The van der Waals surface area contributed by atoms with E-state index < -0.39 is 6.16 Å². The van der Waals surface area contributed by atoms with Crippen LogP contribution in [0, 0.1) is 0 Å². The van der Waals surface area contributed by atoms with E-state index in [0.717, 1.165) is 19.4 Å². The molecule has 2 fully saturated rings. The fourth-order valence-corrected chi connectivity index (χ4v) is 1.42. The summed E-state index contributed by atoms with van der Waals surface area (Å²) in [7, 11) is 0. The van der Waals surface area contributed by atoms with Gasteiger partial charge >= 0.3 is 6.16 Å². The minimum atomic E-state index is -0.564. The lowest BCUT2D eigenvalue weighted by atomic mass is 10.1. The summed E-state index contributed by atoms with van der Waals surface area (Å²) in [6.07, 6.45) is 1.37. The van der Waals surface area contributed by atoms with Gasteiger partial charge in [-0.3, -0.25) is 0 Å². The van der Waals surface area contributed by atoms with Crippen molar-refractivity contribution in [3.63, 3.8) is 0 Å². The van der Waals surface area contributed by atoms with Gasteiger partial charge in [0.05, 0.1) is 6.10 Å². The molecule has 0 amide bonds. The Bertz CT molecular complexity index is 162. The third-order valence-corrected chi connectivity index (χ3v) is 1.99. The zero-order valence-corrected chi connectivity index (χ0v) is 6.12. The molecule has 2 atom stereocenters. The van der Waals surface area contributed by atoms with E-state index in [0.29, 0.717) is 6.61 Å². The van der Waals surface area contributed by atoms with Crippen LogP contribution in [-0.2, 0) is 14.2 Å². The molecule has 2 heterocycles. The van der Waals surface area contributed by atoms with Crippen LogP contribution in [0.1, 0.15) is 12.8 Å². The van der Waals surface area contributed by atoms with Gasteiger partial charge in [0.1, 0.15) is 6.61 Å². The lowest BCUT2D eigenvalue weighted by Gasteiger charge is -2.12. The van der Waals surface area contributed by atoms with Gasteiger partial charge in [-0.15, -0.1) is 0 Å². The Hall–Kier alpha value is -0.770. The van der Waals surface area contributed by atoms with Crippen LogP contribution >= 0.6 is 0 Å². The highest BCUT2D eigenvalue weighted by Gasteiger charge is 2.35. The van der Waals surface area contributed by atoms with E-state index in [1.54, 1.807) is 0 Å². The van der Waals surface area contributed by atoms with E-state index in [2.05, 4.69) is 4.74 Å². The van der Waals surface area contributed by atoms with Gasteiger partial charge in [-0.05, 0) is 12.8 Å². The fraction of sp³-hybridized carbons (Fsp3) is 0.857. The van der Waals surface area contributed by atoms with E-state index in [4.69, 9.17) is 9.47 Å².